The molecule has 0 aliphatic carbocycles. The normalized spacial score (nSPS) is 11.7. The number of fused-ring (bicyclic) bond motifs is 1. The summed E-state index contributed by atoms with van der Waals surface area (Å²) >= 11 is 0. The van der Waals surface area contributed by atoms with Gasteiger partial charge in [-0.2, -0.15) is 18.2 Å². The highest BCUT2D eigenvalue weighted by Crippen LogP contribution is 2.38. The lowest BCUT2D eigenvalue weighted by Gasteiger charge is -2.15. The maximum absolute atomic E-state index is 14.2. The highest BCUT2D eigenvalue weighted by molar-refractivity contribution is 5.79. The fourth-order valence-electron chi connectivity index (χ4n) is 3.84. The summed E-state index contributed by atoms with van der Waals surface area (Å²) in [6, 6.07) is 5.04. The summed E-state index contributed by atoms with van der Waals surface area (Å²) in [7, 11) is 0. The lowest BCUT2D eigenvalue weighted by atomic mass is 10.1. The maximum Gasteiger partial charge on any atom is 0.421 e. The van der Waals surface area contributed by atoms with Crippen LogP contribution in [0.15, 0.2) is 64.7 Å². The first-order chi connectivity index (χ1) is 18.4. The number of nitrogens with one attached hydrogen (secondary N) is 1. The molecule has 0 radical (unpaired) electrons. The summed E-state index contributed by atoms with van der Waals surface area (Å²) in [6.07, 6.45) is -2.24. The van der Waals surface area contributed by atoms with E-state index >= 15 is 0 Å². The number of hydrogen-bond acceptors (Lipinski definition) is 6. The Labute approximate surface area is 212 Å². The quantitative estimate of drug-likeness (QED) is 0.317. The second kappa shape index (κ2) is 9.34. The minimum absolute atomic E-state index is 0.104. The number of aromatic amines is 1. The molecule has 0 aliphatic heterocycles. The second-order valence-corrected chi connectivity index (χ2v) is 8.14. The average Bonchev–Trinajstić information content (AvgIpc) is 3.20. The number of aromatic nitrogens is 5. The molecule has 3 heterocycles. The van der Waals surface area contributed by atoms with Crippen LogP contribution in [0.5, 0.6) is 17.5 Å². The van der Waals surface area contributed by atoms with E-state index in [1.807, 2.05) is 0 Å². The van der Waals surface area contributed by atoms with Gasteiger partial charge in [-0.1, -0.05) is 0 Å². The van der Waals surface area contributed by atoms with Crippen molar-refractivity contribution in [3.63, 3.8) is 0 Å². The Kier molecular flexibility index (Phi) is 6.12. The molecule has 2 aromatic carbocycles. The smallest absolute Gasteiger partial charge is 0.421 e. The lowest BCUT2D eigenvalue weighted by molar-refractivity contribution is -0.138. The minimum Gasteiger partial charge on any atom is -0.493 e. The largest absolute Gasteiger partial charge is 0.493 e. The standard InChI is InChI=1S/C24H13F6N5O4/c25-11-3-17(26)15(18(27)4-11)9-34-10-33-21(37)14-6-13(1-2-19(14)34)39-22-16(24(28,29)30)5-12(7-31-22)35-20(36)8-32-23(35)38/h1-8,10,36H,9H2,(H,32,38). The van der Waals surface area contributed by atoms with Crippen molar-refractivity contribution in [1.82, 2.24) is 24.1 Å². The van der Waals surface area contributed by atoms with Crippen LogP contribution < -0.4 is 16.0 Å². The van der Waals surface area contributed by atoms with Crippen molar-refractivity contribution in [2.45, 2.75) is 12.7 Å². The first-order valence-corrected chi connectivity index (χ1v) is 10.8. The lowest BCUT2D eigenvalue weighted by Crippen LogP contribution is -2.17. The molecule has 200 valence electrons. The fraction of sp³-hybridized carbons (Fsp3) is 0.0833. The van der Waals surface area contributed by atoms with Crippen molar-refractivity contribution < 1.29 is 36.2 Å². The molecule has 0 bridgehead atoms. The summed E-state index contributed by atoms with van der Waals surface area (Å²) in [4.78, 5) is 33.6. The number of imidazole rings is 1. The zero-order valence-corrected chi connectivity index (χ0v) is 19.1. The monoisotopic (exact) mass is 549 g/mol. The number of hydrogen-bond donors (Lipinski definition) is 2. The van der Waals surface area contributed by atoms with Crippen molar-refractivity contribution >= 4 is 10.9 Å². The number of alkyl halides is 3. The van der Waals surface area contributed by atoms with Crippen LogP contribution in [0.25, 0.3) is 16.6 Å². The van der Waals surface area contributed by atoms with Crippen LogP contribution in [0.2, 0.25) is 0 Å². The van der Waals surface area contributed by atoms with Crippen LogP contribution >= 0.6 is 0 Å². The molecular formula is C24H13F6N5O4. The first kappa shape index (κ1) is 25.6. The Morgan fingerprint density at radius 2 is 1.72 bits per heavy atom. The van der Waals surface area contributed by atoms with E-state index in [1.165, 1.54) is 16.7 Å². The third kappa shape index (κ3) is 4.81. The van der Waals surface area contributed by atoms with Gasteiger partial charge in [-0.15, -0.1) is 0 Å². The van der Waals surface area contributed by atoms with E-state index in [2.05, 4.69) is 15.0 Å². The Hall–Kier alpha value is -5.08. The zero-order chi connectivity index (χ0) is 28.1. The van der Waals surface area contributed by atoms with Crippen molar-refractivity contribution in [1.29, 1.82) is 0 Å². The van der Waals surface area contributed by atoms with Crippen molar-refractivity contribution in [2.75, 3.05) is 0 Å². The van der Waals surface area contributed by atoms with E-state index in [9.17, 15) is 41.0 Å². The Morgan fingerprint density at radius 1 is 1.00 bits per heavy atom. The van der Waals surface area contributed by atoms with Gasteiger partial charge < -0.3 is 19.4 Å². The number of H-pyrrole nitrogens is 1. The van der Waals surface area contributed by atoms with Crippen molar-refractivity contribution in [3.05, 3.63) is 105 Å². The van der Waals surface area contributed by atoms with E-state index in [-0.39, 0.29) is 16.7 Å². The SMILES string of the molecule is O=c1ncn(Cc2c(F)cc(F)cc2F)c2ccc(Oc3ncc(-n4c(O)c[nH]c4=O)cc3C(F)(F)F)cc12. The molecule has 3 aromatic heterocycles. The van der Waals surface area contributed by atoms with Gasteiger partial charge in [0.05, 0.1) is 41.9 Å². The topological polar surface area (TPSA) is 115 Å². The van der Waals surface area contributed by atoms with E-state index in [4.69, 9.17) is 4.74 Å². The number of benzene rings is 2. The van der Waals surface area contributed by atoms with Crippen LogP contribution in [0.4, 0.5) is 26.3 Å². The molecule has 5 aromatic rings. The molecule has 0 amide bonds. The molecule has 2 N–H and O–H groups in total. The fourth-order valence-corrected chi connectivity index (χ4v) is 3.84. The predicted octanol–water partition coefficient (Wildman–Crippen LogP) is 4.25. The van der Waals surface area contributed by atoms with E-state index in [1.54, 1.807) is 0 Å². The number of pyridine rings is 1. The zero-order valence-electron chi connectivity index (χ0n) is 19.1. The van der Waals surface area contributed by atoms with Gasteiger partial charge in [-0.05, 0) is 24.3 Å². The molecule has 0 fully saturated rings. The highest BCUT2D eigenvalue weighted by Gasteiger charge is 2.36. The summed E-state index contributed by atoms with van der Waals surface area (Å²) in [6.45, 7) is -0.478. The summed E-state index contributed by atoms with van der Waals surface area (Å²) < 4.78 is 90.1. The van der Waals surface area contributed by atoms with Gasteiger partial charge in [0.1, 0.15) is 28.8 Å². The second-order valence-electron chi connectivity index (χ2n) is 8.14. The molecule has 0 spiro atoms. The minimum atomic E-state index is -5.00. The summed E-state index contributed by atoms with van der Waals surface area (Å²) in [5.74, 6) is -5.27. The average molecular weight is 549 g/mol. The van der Waals surface area contributed by atoms with E-state index in [0.717, 1.165) is 24.8 Å². The van der Waals surface area contributed by atoms with Gasteiger partial charge in [0.2, 0.25) is 11.8 Å². The van der Waals surface area contributed by atoms with Crippen LogP contribution in [0.1, 0.15) is 11.1 Å². The number of ether oxygens (including phenoxy) is 1. The number of nitrogens with zero attached hydrogens (tertiary/aromatic N) is 4. The Morgan fingerprint density at radius 3 is 2.36 bits per heavy atom. The number of aromatic hydroxyl groups is 1. The van der Waals surface area contributed by atoms with Gasteiger partial charge in [-0.25, -0.2) is 27.5 Å². The van der Waals surface area contributed by atoms with Crippen LogP contribution in [0, 0.1) is 17.5 Å². The first-order valence-electron chi connectivity index (χ1n) is 10.8. The Bertz CT molecular complexity index is 1840. The summed E-state index contributed by atoms with van der Waals surface area (Å²) in [5, 5.41) is 9.60. The Balaban J connectivity index is 1.54. The molecule has 5 rings (SSSR count). The van der Waals surface area contributed by atoms with Gasteiger partial charge in [0.15, 0.2) is 0 Å². The molecule has 9 nitrogen and oxygen atoms in total. The third-order valence-electron chi connectivity index (χ3n) is 5.63. The van der Waals surface area contributed by atoms with Gasteiger partial charge in [0.25, 0.3) is 5.56 Å². The van der Waals surface area contributed by atoms with Crippen LogP contribution in [-0.2, 0) is 12.7 Å². The molecule has 0 saturated heterocycles. The predicted molar refractivity (Wildman–Crippen MR) is 122 cm³/mol. The molecule has 0 saturated carbocycles. The highest BCUT2D eigenvalue weighted by atomic mass is 19.4. The molecular weight excluding hydrogens is 536 g/mol. The van der Waals surface area contributed by atoms with E-state index < -0.39 is 70.0 Å². The van der Waals surface area contributed by atoms with Gasteiger partial charge in [0, 0.05) is 17.7 Å². The van der Waals surface area contributed by atoms with Crippen LogP contribution in [-0.4, -0.2) is 29.2 Å². The molecule has 15 heteroatoms. The number of rotatable bonds is 5. The molecule has 39 heavy (non-hydrogen) atoms. The maximum atomic E-state index is 14.2. The van der Waals surface area contributed by atoms with Crippen molar-refractivity contribution in [2.24, 2.45) is 0 Å². The van der Waals surface area contributed by atoms with Crippen LogP contribution in [0.3, 0.4) is 0 Å². The molecule has 0 aliphatic rings. The molecule has 0 unspecified atom stereocenters. The molecule has 0 atom stereocenters. The van der Waals surface area contributed by atoms with Gasteiger partial charge >= 0.3 is 11.9 Å². The van der Waals surface area contributed by atoms with Crippen molar-refractivity contribution in [3.8, 4) is 23.2 Å². The van der Waals surface area contributed by atoms with Gasteiger partial charge in [-0.3, -0.25) is 4.79 Å². The summed E-state index contributed by atoms with van der Waals surface area (Å²) in [5.41, 5.74) is -3.91. The number of halogens is 6. The van der Waals surface area contributed by atoms with E-state index in [0.29, 0.717) is 22.8 Å². The third-order valence-corrected chi connectivity index (χ3v) is 5.63.